The molecule has 0 atom stereocenters. The quantitative estimate of drug-likeness (QED) is 0.589. The summed E-state index contributed by atoms with van der Waals surface area (Å²) in [5.74, 6) is -0.248. The highest BCUT2D eigenvalue weighted by Crippen LogP contribution is 2.07. The van der Waals surface area contributed by atoms with Crippen LogP contribution in [-0.4, -0.2) is 34.0 Å². The fourth-order valence-electron chi connectivity index (χ4n) is 2.39. The van der Waals surface area contributed by atoms with Crippen LogP contribution in [0.1, 0.15) is 21.9 Å². The van der Waals surface area contributed by atoms with Crippen LogP contribution in [0.2, 0.25) is 0 Å². The van der Waals surface area contributed by atoms with E-state index in [4.69, 9.17) is 9.15 Å². The van der Waals surface area contributed by atoms with Crippen molar-refractivity contribution in [1.29, 1.82) is 0 Å². The first-order chi connectivity index (χ1) is 12.3. The Kier molecular flexibility index (Phi) is 5.90. The molecule has 0 radical (unpaired) electrons. The zero-order valence-electron chi connectivity index (χ0n) is 13.7. The average molecular weight is 337 g/mol. The minimum atomic E-state index is -0.458. The first kappa shape index (κ1) is 16.9. The molecule has 0 amide bonds. The second-order valence-electron chi connectivity index (χ2n) is 5.47. The molecule has 6 heteroatoms. The summed E-state index contributed by atoms with van der Waals surface area (Å²) in [5.41, 5.74) is 1.91. The summed E-state index contributed by atoms with van der Waals surface area (Å²) < 4.78 is 10.3. The van der Waals surface area contributed by atoms with Gasteiger partial charge < -0.3 is 9.15 Å². The normalized spacial score (nSPS) is 10.8. The summed E-state index contributed by atoms with van der Waals surface area (Å²) in [4.78, 5) is 22.7. The number of hydrogen-bond donors (Lipinski definition) is 0. The van der Waals surface area contributed by atoms with Crippen LogP contribution in [0.15, 0.2) is 71.6 Å². The van der Waals surface area contributed by atoms with E-state index in [1.807, 2.05) is 36.4 Å². The van der Waals surface area contributed by atoms with Gasteiger partial charge in [0.15, 0.2) is 0 Å². The Hall–Kier alpha value is -2.99. The van der Waals surface area contributed by atoms with Crippen LogP contribution in [0.25, 0.3) is 0 Å². The summed E-state index contributed by atoms with van der Waals surface area (Å²) in [7, 11) is 0. The average Bonchev–Trinajstić information content (AvgIpc) is 3.18. The zero-order chi connectivity index (χ0) is 17.3. The maximum absolute atomic E-state index is 11.8. The number of pyridine rings is 2. The molecule has 0 bridgehead atoms. The number of nitrogens with zero attached hydrogens (tertiary/aromatic N) is 3. The Bertz CT molecular complexity index is 720. The van der Waals surface area contributed by atoms with Crippen LogP contribution < -0.4 is 0 Å². The van der Waals surface area contributed by atoms with Crippen molar-refractivity contribution in [3.05, 3.63) is 84.3 Å². The molecule has 3 rings (SSSR count). The number of esters is 1. The third-order valence-electron chi connectivity index (χ3n) is 3.59. The number of ether oxygens (including phenoxy) is 1. The fourth-order valence-corrected chi connectivity index (χ4v) is 2.39. The highest BCUT2D eigenvalue weighted by Gasteiger charge is 2.13. The molecule has 0 aromatic carbocycles. The molecule has 0 saturated heterocycles. The largest absolute Gasteiger partial charge is 0.458 e. The van der Waals surface area contributed by atoms with E-state index in [1.165, 1.54) is 6.26 Å². The van der Waals surface area contributed by atoms with Crippen molar-refractivity contribution in [2.45, 2.75) is 13.1 Å². The van der Waals surface area contributed by atoms with Gasteiger partial charge in [-0.3, -0.25) is 14.9 Å². The van der Waals surface area contributed by atoms with E-state index in [9.17, 15) is 4.79 Å². The van der Waals surface area contributed by atoms with Gasteiger partial charge in [-0.25, -0.2) is 4.79 Å². The molecule has 0 aliphatic rings. The van der Waals surface area contributed by atoms with Crippen LogP contribution in [0.4, 0.5) is 0 Å². The molecule has 0 aliphatic heterocycles. The van der Waals surface area contributed by atoms with Crippen LogP contribution >= 0.6 is 0 Å². The molecule has 0 fully saturated rings. The summed E-state index contributed by atoms with van der Waals surface area (Å²) in [6.07, 6.45) is 4.99. The molecule has 6 nitrogen and oxygen atoms in total. The zero-order valence-corrected chi connectivity index (χ0v) is 13.7. The van der Waals surface area contributed by atoms with Gasteiger partial charge in [-0.2, -0.15) is 0 Å². The third-order valence-corrected chi connectivity index (χ3v) is 3.59. The Balaban J connectivity index is 1.58. The summed E-state index contributed by atoms with van der Waals surface area (Å²) in [6, 6.07) is 14.9. The van der Waals surface area contributed by atoms with Gasteiger partial charge in [-0.1, -0.05) is 12.1 Å². The first-order valence-electron chi connectivity index (χ1n) is 8.04. The van der Waals surface area contributed by atoms with Crippen molar-refractivity contribution in [1.82, 2.24) is 14.9 Å². The lowest BCUT2D eigenvalue weighted by molar-refractivity contribution is 0.0417. The van der Waals surface area contributed by atoms with Crippen molar-refractivity contribution < 1.29 is 13.9 Å². The number of carbonyl (C=O) groups excluding carboxylic acids is 1. The Morgan fingerprint density at radius 3 is 2.16 bits per heavy atom. The number of rotatable bonds is 8. The monoisotopic (exact) mass is 337 g/mol. The summed E-state index contributed by atoms with van der Waals surface area (Å²) in [6.45, 7) is 2.13. The van der Waals surface area contributed by atoms with Gasteiger partial charge in [0.25, 0.3) is 0 Å². The molecule has 3 aromatic rings. The lowest BCUT2D eigenvalue weighted by Crippen LogP contribution is -2.28. The van der Waals surface area contributed by atoms with Gasteiger partial charge in [-0.15, -0.1) is 0 Å². The topological polar surface area (TPSA) is 68.5 Å². The number of furan rings is 1. The van der Waals surface area contributed by atoms with E-state index in [0.29, 0.717) is 19.6 Å². The number of aromatic nitrogens is 2. The smallest absolute Gasteiger partial charge is 0.374 e. The standard InChI is InChI=1S/C19H19N3O3/c23-19(18-8-5-12-24-18)25-13-11-22(14-16-6-1-3-9-20-16)15-17-7-2-4-10-21-17/h1-10,12H,11,13-15H2. The lowest BCUT2D eigenvalue weighted by atomic mass is 10.3. The molecule has 0 saturated carbocycles. The predicted molar refractivity (Wildman–Crippen MR) is 91.6 cm³/mol. The van der Waals surface area contributed by atoms with E-state index in [1.54, 1.807) is 24.5 Å². The molecule has 3 aromatic heterocycles. The minimum Gasteiger partial charge on any atom is -0.458 e. The molecule has 0 N–H and O–H groups in total. The maximum Gasteiger partial charge on any atom is 0.374 e. The lowest BCUT2D eigenvalue weighted by Gasteiger charge is -2.21. The highest BCUT2D eigenvalue weighted by atomic mass is 16.5. The van der Waals surface area contributed by atoms with Crippen molar-refractivity contribution in [2.24, 2.45) is 0 Å². The van der Waals surface area contributed by atoms with Crippen molar-refractivity contribution >= 4 is 5.97 Å². The van der Waals surface area contributed by atoms with E-state index in [0.717, 1.165) is 11.4 Å². The minimum absolute atomic E-state index is 0.209. The third kappa shape index (κ3) is 5.26. The SMILES string of the molecule is O=C(OCCN(Cc1ccccn1)Cc1ccccn1)c1ccco1. The van der Waals surface area contributed by atoms with Crippen LogP contribution in [0.3, 0.4) is 0 Å². The van der Waals surface area contributed by atoms with Gasteiger partial charge in [0, 0.05) is 32.0 Å². The Labute approximate surface area is 146 Å². The molecular formula is C19H19N3O3. The first-order valence-corrected chi connectivity index (χ1v) is 8.04. The van der Waals surface area contributed by atoms with Crippen molar-refractivity contribution in [3.8, 4) is 0 Å². The molecule has 0 spiro atoms. The van der Waals surface area contributed by atoms with E-state index < -0.39 is 5.97 Å². The van der Waals surface area contributed by atoms with E-state index in [2.05, 4.69) is 14.9 Å². The van der Waals surface area contributed by atoms with Crippen molar-refractivity contribution in [2.75, 3.05) is 13.2 Å². The van der Waals surface area contributed by atoms with Gasteiger partial charge in [0.1, 0.15) is 6.61 Å². The molecule has 0 unspecified atom stereocenters. The molecule has 0 aliphatic carbocycles. The molecule has 128 valence electrons. The van der Waals surface area contributed by atoms with Crippen molar-refractivity contribution in [3.63, 3.8) is 0 Å². The predicted octanol–water partition coefficient (Wildman–Crippen LogP) is 2.93. The molecular weight excluding hydrogens is 318 g/mol. The van der Waals surface area contributed by atoms with E-state index in [-0.39, 0.29) is 12.4 Å². The number of carbonyl (C=O) groups is 1. The second kappa shape index (κ2) is 8.75. The Morgan fingerprint density at radius 1 is 0.960 bits per heavy atom. The molecule has 3 heterocycles. The number of hydrogen-bond acceptors (Lipinski definition) is 6. The van der Waals surface area contributed by atoms with Gasteiger partial charge in [-0.05, 0) is 36.4 Å². The van der Waals surface area contributed by atoms with Crippen LogP contribution in [0, 0.1) is 0 Å². The van der Waals surface area contributed by atoms with E-state index >= 15 is 0 Å². The second-order valence-corrected chi connectivity index (χ2v) is 5.47. The Morgan fingerprint density at radius 2 is 1.64 bits per heavy atom. The highest BCUT2D eigenvalue weighted by molar-refractivity contribution is 5.86. The van der Waals surface area contributed by atoms with Gasteiger partial charge in [0.05, 0.1) is 17.7 Å². The fraction of sp³-hybridized carbons (Fsp3) is 0.211. The van der Waals surface area contributed by atoms with Crippen LogP contribution in [0.5, 0.6) is 0 Å². The van der Waals surface area contributed by atoms with Gasteiger partial charge >= 0.3 is 5.97 Å². The van der Waals surface area contributed by atoms with Crippen LogP contribution in [-0.2, 0) is 17.8 Å². The molecule has 25 heavy (non-hydrogen) atoms. The summed E-state index contributed by atoms with van der Waals surface area (Å²) in [5, 5.41) is 0. The maximum atomic E-state index is 11.8. The summed E-state index contributed by atoms with van der Waals surface area (Å²) >= 11 is 0. The van der Waals surface area contributed by atoms with Gasteiger partial charge in [0.2, 0.25) is 5.76 Å².